The molecule has 4 aromatic rings. The Labute approximate surface area is 224 Å². The molecule has 0 aliphatic carbocycles. The zero-order valence-corrected chi connectivity index (χ0v) is 23.6. The van der Waals surface area contributed by atoms with E-state index in [1.165, 1.54) is 27.6 Å². The molecule has 0 saturated heterocycles. The van der Waals surface area contributed by atoms with Crippen LogP contribution in [0.2, 0.25) is 0 Å². The van der Waals surface area contributed by atoms with Crippen LogP contribution < -0.4 is 4.90 Å². The van der Waals surface area contributed by atoms with Crippen LogP contribution in [0.15, 0.2) is 47.7 Å². The Morgan fingerprint density at radius 3 is 2.27 bits per heavy atom. The van der Waals surface area contributed by atoms with Crippen molar-refractivity contribution in [3.05, 3.63) is 85.6 Å². The molecule has 0 radical (unpaired) electrons. The number of hydrogen-bond donors (Lipinski definition) is 1. The van der Waals surface area contributed by atoms with Crippen LogP contribution in [0.3, 0.4) is 0 Å². The molecule has 190 valence electrons. The van der Waals surface area contributed by atoms with Crippen LogP contribution in [-0.2, 0) is 10.2 Å². The number of thiazole rings is 2. The Hall–Kier alpha value is -3.36. The van der Waals surface area contributed by atoms with E-state index < -0.39 is 17.7 Å². The average molecular weight is 532 g/mol. The summed E-state index contributed by atoms with van der Waals surface area (Å²) < 4.78 is 0.954. The van der Waals surface area contributed by atoms with Crippen LogP contribution in [-0.4, -0.2) is 26.8 Å². The zero-order chi connectivity index (χ0) is 26.8. The smallest absolute Gasteiger partial charge is 0.296 e. The molecule has 1 unspecified atom stereocenters. The largest absolute Gasteiger partial charge is 0.503 e. The molecule has 1 amide bonds. The van der Waals surface area contributed by atoms with E-state index >= 15 is 0 Å². The number of anilines is 1. The number of aromatic nitrogens is 2. The van der Waals surface area contributed by atoms with E-state index in [-0.39, 0.29) is 16.8 Å². The van der Waals surface area contributed by atoms with Crippen molar-refractivity contribution in [2.45, 2.75) is 59.9 Å². The number of amides is 1. The van der Waals surface area contributed by atoms with Gasteiger partial charge in [-0.3, -0.25) is 14.5 Å². The third-order valence-corrected chi connectivity index (χ3v) is 8.75. The molecule has 2 aromatic heterocycles. The Morgan fingerprint density at radius 2 is 1.68 bits per heavy atom. The third-order valence-electron chi connectivity index (χ3n) is 6.68. The molecule has 1 aliphatic rings. The van der Waals surface area contributed by atoms with Gasteiger partial charge in [-0.15, -0.1) is 11.3 Å². The van der Waals surface area contributed by atoms with Crippen LogP contribution in [0, 0.1) is 27.7 Å². The van der Waals surface area contributed by atoms with E-state index in [1.807, 2.05) is 51.1 Å². The number of hydrogen-bond acceptors (Lipinski definition) is 7. The molecule has 0 fully saturated rings. The fraction of sp³-hybridized carbons (Fsp3) is 0.310. The second kappa shape index (κ2) is 8.89. The van der Waals surface area contributed by atoms with E-state index in [1.54, 1.807) is 6.92 Å². The van der Waals surface area contributed by atoms with Crippen molar-refractivity contribution in [3.63, 3.8) is 0 Å². The predicted octanol–water partition coefficient (Wildman–Crippen LogP) is 7.07. The highest BCUT2D eigenvalue weighted by Gasteiger charge is 2.46. The number of ketones is 1. The fourth-order valence-corrected chi connectivity index (χ4v) is 6.88. The second-order valence-electron chi connectivity index (χ2n) is 10.6. The van der Waals surface area contributed by atoms with Crippen molar-refractivity contribution in [3.8, 4) is 0 Å². The van der Waals surface area contributed by atoms with E-state index in [4.69, 9.17) is 4.98 Å². The highest BCUT2D eigenvalue weighted by atomic mass is 32.1. The number of benzene rings is 2. The van der Waals surface area contributed by atoms with Crippen LogP contribution >= 0.6 is 22.7 Å². The van der Waals surface area contributed by atoms with Crippen LogP contribution in [0.4, 0.5) is 5.13 Å². The van der Waals surface area contributed by atoms with Gasteiger partial charge in [0, 0.05) is 0 Å². The molecule has 37 heavy (non-hydrogen) atoms. The molecule has 3 heterocycles. The van der Waals surface area contributed by atoms with Gasteiger partial charge in [0.05, 0.1) is 37.4 Å². The summed E-state index contributed by atoms with van der Waals surface area (Å²) in [4.78, 5) is 38.6. The van der Waals surface area contributed by atoms with Gasteiger partial charge in [0.1, 0.15) is 0 Å². The minimum absolute atomic E-state index is 0.0555. The zero-order valence-electron chi connectivity index (χ0n) is 22.0. The van der Waals surface area contributed by atoms with Crippen molar-refractivity contribution in [1.82, 2.24) is 9.97 Å². The van der Waals surface area contributed by atoms with E-state index in [0.717, 1.165) is 37.5 Å². The number of aryl methyl sites for hydroxylation is 4. The fourth-order valence-electron chi connectivity index (χ4n) is 4.84. The predicted molar refractivity (Wildman–Crippen MR) is 150 cm³/mol. The number of nitrogens with zero attached hydrogens (tertiary/aromatic N) is 3. The molecular formula is C29H29N3O3S2. The summed E-state index contributed by atoms with van der Waals surface area (Å²) in [6, 6.07) is 11.2. The first-order chi connectivity index (χ1) is 17.4. The maximum Gasteiger partial charge on any atom is 0.296 e. The topological polar surface area (TPSA) is 83.4 Å². The summed E-state index contributed by atoms with van der Waals surface area (Å²) in [5.74, 6) is -1.54. The lowest BCUT2D eigenvalue weighted by Gasteiger charge is -2.26. The van der Waals surface area contributed by atoms with Crippen molar-refractivity contribution >= 4 is 49.7 Å². The standard InChI is InChI=1S/C29H29N3O3S2/c1-14-12-15(2)22-20(13-14)37-28(31-22)32-23(18-8-10-19(11-9-18)29(5,6)7)21(25(34)27(32)35)24(33)26-16(3)30-17(4)36-26/h8-13,23,34H,1-7H3. The molecule has 0 spiro atoms. The van der Waals surface area contributed by atoms with Gasteiger partial charge in [0.2, 0.25) is 5.78 Å². The van der Waals surface area contributed by atoms with E-state index in [9.17, 15) is 14.7 Å². The summed E-state index contributed by atoms with van der Waals surface area (Å²) in [5.41, 5.74) is 5.40. The van der Waals surface area contributed by atoms with Crippen LogP contribution in [0.1, 0.15) is 69.4 Å². The van der Waals surface area contributed by atoms with Gasteiger partial charge >= 0.3 is 0 Å². The Morgan fingerprint density at radius 1 is 1.00 bits per heavy atom. The molecular weight excluding hydrogens is 502 g/mol. The molecule has 2 aromatic carbocycles. The lowest BCUT2D eigenvalue weighted by Crippen LogP contribution is -2.31. The van der Waals surface area contributed by atoms with Crippen LogP contribution in [0.25, 0.3) is 10.2 Å². The molecule has 0 bridgehead atoms. The number of aliphatic hydroxyl groups is 1. The van der Waals surface area contributed by atoms with Gasteiger partial charge in [0.25, 0.3) is 5.91 Å². The Bertz CT molecular complexity index is 1600. The SMILES string of the molecule is Cc1cc(C)c2nc(N3C(=O)C(O)=C(C(=O)c4sc(C)nc4C)C3c3ccc(C(C)(C)C)cc3)sc2c1. The van der Waals surface area contributed by atoms with Gasteiger partial charge in [-0.05, 0) is 61.4 Å². The van der Waals surface area contributed by atoms with Crippen molar-refractivity contribution in [1.29, 1.82) is 0 Å². The highest BCUT2D eigenvalue weighted by molar-refractivity contribution is 7.22. The number of rotatable bonds is 4. The number of fused-ring (bicyclic) bond motifs is 1. The maximum atomic E-state index is 13.9. The molecule has 8 heteroatoms. The summed E-state index contributed by atoms with van der Waals surface area (Å²) in [7, 11) is 0. The summed E-state index contributed by atoms with van der Waals surface area (Å²) in [6.45, 7) is 14.0. The number of Topliss-reactive ketones (excluding diaryl/α,β-unsaturated/α-hetero) is 1. The van der Waals surface area contributed by atoms with Gasteiger partial charge in [-0.1, -0.05) is 62.4 Å². The second-order valence-corrected chi connectivity index (χ2v) is 12.8. The molecule has 6 nitrogen and oxygen atoms in total. The summed E-state index contributed by atoms with van der Waals surface area (Å²) in [5, 5.41) is 12.3. The first-order valence-corrected chi connectivity index (χ1v) is 13.7. The van der Waals surface area contributed by atoms with Gasteiger partial charge in [-0.2, -0.15) is 0 Å². The molecule has 1 atom stereocenters. The average Bonchev–Trinajstić information content (AvgIpc) is 3.46. The van der Waals surface area contributed by atoms with Crippen LogP contribution in [0.5, 0.6) is 0 Å². The molecule has 1 N–H and O–H groups in total. The normalized spacial score (nSPS) is 16.4. The summed E-state index contributed by atoms with van der Waals surface area (Å²) >= 11 is 2.66. The van der Waals surface area contributed by atoms with Gasteiger partial charge in [-0.25, -0.2) is 9.97 Å². The van der Waals surface area contributed by atoms with Crippen molar-refractivity contribution in [2.24, 2.45) is 0 Å². The third kappa shape index (κ3) is 4.28. The molecule has 1 aliphatic heterocycles. The van der Waals surface area contributed by atoms with Gasteiger partial charge < -0.3 is 5.11 Å². The van der Waals surface area contributed by atoms with E-state index in [2.05, 4.69) is 31.8 Å². The Balaban J connectivity index is 1.69. The van der Waals surface area contributed by atoms with Gasteiger partial charge in [0.15, 0.2) is 10.9 Å². The first kappa shape index (κ1) is 25.3. The monoisotopic (exact) mass is 531 g/mol. The molecule has 0 saturated carbocycles. The lowest BCUT2D eigenvalue weighted by atomic mass is 9.85. The number of carbonyl (C=O) groups excluding carboxylic acids is 2. The minimum atomic E-state index is -0.808. The first-order valence-electron chi connectivity index (χ1n) is 12.1. The Kier molecular flexibility index (Phi) is 6.08. The van der Waals surface area contributed by atoms with Crippen molar-refractivity contribution < 1.29 is 14.7 Å². The van der Waals surface area contributed by atoms with Crippen molar-refractivity contribution in [2.75, 3.05) is 4.90 Å². The minimum Gasteiger partial charge on any atom is -0.503 e. The number of carbonyl (C=O) groups is 2. The quantitative estimate of drug-likeness (QED) is 0.285. The number of aliphatic hydroxyl groups excluding tert-OH is 1. The molecule has 5 rings (SSSR count). The maximum absolute atomic E-state index is 13.9. The highest BCUT2D eigenvalue weighted by Crippen LogP contribution is 2.45. The summed E-state index contributed by atoms with van der Waals surface area (Å²) in [6.07, 6.45) is 0. The van der Waals surface area contributed by atoms with E-state index in [0.29, 0.717) is 15.7 Å². The lowest BCUT2D eigenvalue weighted by molar-refractivity contribution is -0.117.